The fourth-order valence-corrected chi connectivity index (χ4v) is 2.35. The first-order valence-corrected chi connectivity index (χ1v) is 6.02. The zero-order valence-corrected chi connectivity index (χ0v) is 10.2. The van der Waals surface area contributed by atoms with Gasteiger partial charge in [-0.1, -0.05) is 18.2 Å². The molecule has 5 heteroatoms. The highest BCUT2D eigenvalue weighted by atomic mass is 16.4. The molecule has 0 saturated heterocycles. The summed E-state index contributed by atoms with van der Waals surface area (Å²) in [6, 6.07) is 11.0. The molecule has 0 unspecified atom stereocenters. The second-order valence-corrected chi connectivity index (χ2v) is 4.44. The number of para-hydroxylation sites is 1. The Morgan fingerprint density at radius 2 is 2.05 bits per heavy atom. The summed E-state index contributed by atoms with van der Waals surface area (Å²) in [5, 5.41) is 9.02. The van der Waals surface area contributed by atoms with Crippen LogP contribution in [-0.2, 0) is 6.42 Å². The largest absolute Gasteiger partial charge is 0.477 e. The molecule has 0 fully saturated rings. The van der Waals surface area contributed by atoms with E-state index in [9.17, 15) is 4.79 Å². The number of nitrogens with zero attached hydrogens (tertiary/aromatic N) is 2. The van der Waals surface area contributed by atoms with E-state index >= 15 is 0 Å². The van der Waals surface area contributed by atoms with Crippen molar-refractivity contribution in [2.45, 2.75) is 6.42 Å². The van der Waals surface area contributed by atoms with Crippen molar-refractivity contribution in [3.8, 4) is 0 Å². The molecule has 2 heterocycles. The summed E-state index contributed by atoms with van der Waals surface area (Å²) >= 11 is 0. The maximum absolute atomic E-state index is 11.0. The average Bonchev–Trinajstić information content (AvgIpc) is 2.83. The molecule has 1 aromatic carbocycles. The minimum atomic E-state index is -1.05. The number of hydrogen-bond donors (Lipinski definition) is 2. The third-order valence-electron chi connectivity index (χ3n) is 3.27. The summed E-state index contributed by atoms with van der Waals surface area (Å²) in [5.74, 6) is -0.529. The number of aromatic nitrogens is 1. The maximum atomic E-state index is 11.0. The number of anilines is 3. The molecule has 0 saturated carbocycles. The van der Waals surface area contributed by atoms with E-state index in [0.29, 0.717) is 11.5 Å². The van der Waals surface area contributed by atoms with Gasteiger partial charge >= 0.3 is 5.97 Å². The van der Waals surface area contributed by atoms with Crippen LogP contribution >= 0.6 is 0 Å². The molecule has 0 aliphatic carbocycles. The van der Waals surface area contributed by atoms with Gasteiger partial charge in [0.1, 0.15) is 0 Å². The van der Waals surface area contributed by atoms with Crippen molar-refractivity contribution in [1.82, 2.24) is 4.98 Å². The van der Waals surface area contributed by atoms with Gasteiger partial charge in [-0.15, -0.1) is 0 Å². The fourth-order valence-electron chi connectivity index (χ4n) is 2.35. The standard InChI is InChI=1S/C14H13N3O2/c15-10-5-6-11(14(18)19)16-13(10)17-8-7-9-3-1-2-4-12(9)17/h1-6H,7-8,15H2,(H,18,19). The molecule has 2 aromatic rings. The molecule has 1 aliphatic rings. The summed E-state index contributed by atoms with van der Waals surface area (Å²) in [5.41, 5.74) is 8.70. The SMILES string of the molecule is Nc1ccc(C(=O)O)nc1N1CCc2ccccc21. The molecule has 0 amide bonds. The molecule has 96 valence electrons. The van der Waals surface area contributed by atoms with Crippen molar-refractivity contribution >= 4 is 23.2 Å². The van der Waals surface area contributed by atoms with Gasteiger partial charge in [-0.05, 0) is 30.2 Å². The first-order chi connectivity index (χ1) is 9.16. The molecular weight excluding hydrogens is 242 g/mol. The molecule has 1 aliphatic heterocycles. The number of pyridine rings is 1. The van der Waals surface area contributed by atoms with E-state index in [4.69, 9.17) is 10.8 Å². The number of rotatable bonds is 2. The van der Waals surface area contributed by atoms with Crippen LogP contribution in [0, 0.1) is 0 Å². The minimum absolute atomic E-state index is 0.00795. The maximum Gasteiger partial charge on any atom is 0.354 e. The zero-order chi connectivity index (χ0) is 13.4. The summed E-state index contributed by atoms with van der Waals surface area (Å²) in [7, 11) is 0. The topological polar surface area (TPSA) is 79.5 Å². The molecule has 0 spiro atoms. The van der Waals surface area contributed by atoms with Gasteiger partial charge in [0.25, 0.3) is 0 Å². The summed E-state index contributed by atoms with van der Waals surface area (Å²) in [4.78, 5) is 17.1. The fraction of sp³-hybridized carbons (Fsp3) is 0.143. The number of nitrogen functional groups attached to an aromatic ring is 1. The van der Waals surface area contributed by atoms with Crippen LogP contribution in [0.2, 0.25) is 0 Å². The number of fused-ring (bicyclic) bond motifs is 1. The Kier molecular flexibility index (Phi) is 2.59. The lowest BCUT2D eigenvalue weighted by molar-refractivity contribution is 0.0690. The predicted molar refractivity (Wildman–Crippen MR) is 72.8 cm³/mol. The molecule has 1 aromatic heterocycles. The highest BCUT2D eigenvalue weighted by molar-refractivity contribution is 5.87. The van der Waals surface area contributed by atoms with Gasteiger partial charge in [0.2, 0.25) is 0 Å². The zero-order valence-electron chi connectivity index (χ0n) is 10.2. The molecule has 19 heavy (non-hydrogen) atoms. The Labute approximate surface area is 110 Å². The van der Waals surface area contributed by atoms with Crippen LogP contribution in [0.1, 0.15) is 16.1 Å². The number of hydrogen-bond acceptors (Lipinski definition) is 4. The number of nitrogens with two attached hydrogens (primary N) is 1. The van der Waals surface area contributed by atoms with Crippen molar-refractivity contribution in [3.63, 3.8) is 0 Å². The van der Waals surface area contributed by atoms with E-state index in [0.717, 1.165) is 18.7 Å². The first kappa shape index (κ1) is 11.5. The molecule has 5 nitrogen and oxygen atoms in total. The monoisotopic (exact) mass is 255 g/mol. The summed E-state index contributed by atoms with van der Waals surface area (Å²) in [6.45, 7) is 0.764. The van der Waals surface area contributed by atoms with E-state index in [1.165, 1.54) is 11.6 Å². The number of aromatic carboxylic acids is 1. The van der Waals surface area contributed by atoms with Crippen molar-refractivity contribution < 1.29 is 9.90 Å². The first-order valence-electron chi connectivity index (χ1n) is 6.02. The third-order valence-corrected chi connectivity index (χ3v) is 3.27. The van der Waals surface area contributed by atoms with Gasteiger partial charge < -0.3 is 15.7 Å². The number of carboxylic acid groups (broad SMARTS) is 1. The highest BCUT2D eigenvalue weighted by Crippen LogP contribution is 2.35. The van der Waals surface area contributed by atoms with E-state index in [1.54, 1.807) is 6.07 Å². The van der Waals surface area contributed by atoms with Gasteiger partial charge in [-0.2, -0.15) is 0 Å². The Bertz CT molecular complexity index is 655. The Morgan fingerprint density at radius 1 is 1.26 bits per heavy atom. The normalized spacial score (nSPS) is 13.4. The Morgan fingerprint density at radius 3 is 2.84 bits per heavy atom. The van der Waals surface area contributed by atoms with Gasteiger partial charge in [0.15, 0.2) is 11.5 Å². The van der Waals surface area contributed by atoms with E-state index < -0.39 is 5.97 Å². The average molecular weight is 255 g/mol. The number of benzene rings is 1. The van der Waals surface area contributed by atoms with E-state index in [-0.39, 0.29) is 5.69 Å². The summed E-state index contributed by atoms with van der Waals surface area (Å²) in [6.07, 6.45) is 0.911. The molecular formula is C14H13N3O2. The molecule has 3 rings (SSSR count). The second kappa shape index (κ2) is 4.28. The minimum Gasteiger partial charge on any atom is -0.477 e. The van der Waals surface area contributed by atoms with Gasteiger partial charge in [-0.25, -0.2) is 9.78 Å². The number of carbonyl (C=O) groups is 1. The number of carboxylic acids is 1. The van der Waals surface area contributed by atoms with Crippen LogP contribution in [0.25, 0.3) is 0 Å². The highest BCUT2D eigenvalue weighted by Gasteiger charge is 2.23. The molecule has 0 radical (unpaired) electrons. The lowest BCUT2D eigenvalue weighted by Gasteiger charge is -2.20. The predicted octanol–water partition coefficient (Wildman–Crippen LogP) is 2.06. The molecule has 3 N–H and O–H groups in total. The molecule has 0 bridgehead atoms. The van der Waals surface area contributed by atoms with Gasteiger partial charge in [0, 0.05) is 12.2 Å². The smallest absolute Gasteiger partial charge is 0.354 e. The van der Waals surface area contributed by atoms with Crippen molar-refractivity contribution in [1.29, 1.82) is 0 Å². The van der Waals surface area contributed by atoms with Crippen LogP contribution in [0.5, 0.6) is 0 Å². The quantitative estimate of drug-likeness (QED) is 0.858. The Hall–Kier alpha value is -2.56. The van der Waals surface area contributed by atoms with Crippen molar-refractivity contribution in [3.05, 3.63) is 47.7 Å². The van der Waals surface area contributed by atoms with Gasteiger partial charge in [-0.3, -0.25) is 0 Å². The molecule has 0 atom stereocenters. The lowest BCUT2D eigenvalue weighted by atomic mass is 10.2. The van der Waals surface area contributed by atoms with Crippen LogP contribution in [0.4, 0.5) is 17.2 Å². The van der Waals surface area contributed by atoms with Gasteiger partial charge in [0.05, 0.1) is 5.69 Å². The van der Waals surface area contributed by atoms with Crippen molar-refractivity contribution in [2.75, 3.05) is 17.2 Å². The van der Waals surface area contributed by atoms with Crippen LogP contribution in [0.15, 0.2) is 36.4 Å². The van der Waals surface area contributed by atoms with Crippen LogP contribution in [0.3, 0.4) is 0 Å². The van der Waals surface area contributed by atoms with E-state index in [2.05, 4.69) is 11.1 Å². The third kappa shape index (κ3) is 1.89. The van der Waals surface area contributed by atoms with E-state index in [1.807, 2.05) is 23.1 Å². The van der Waals surface area contributed by atoms with Crippen LogP contribution in [-0.4, -0.2) is 22.6 Å². The second-order valence-electron chi connectivity index (χ2n) is 4.44. The van der Waals surface area contributed by atoms with Crippen molar-refractivity contribution in [2.24, 2.45) is 0 Å². The van der Waals surface area contributed by atoms with Crippen LogP contribution < -0.4 is 10.6 Å². The lowest BCUT2D eigenvalue weighted by Crippen LogP contribution is -2.18. The Balaban J connectivity index is 2.09. The summed E-state index contributed by atoms with van der Waals surface area (Å²) < 4.78 is 0.